The van der Waals surface area contributed by atoms with E-state index in [4.69, 9.17) is 0 Å². The van der Waals surface area contributed by atoms with Crippen LogP contribution in [0.15, 0.2) is 48.7 Å². The summed E-state index contributed by atoms with van der Waals surface area (Å²) in [5.41, 5.74) is 3.80. The van der Waals surface area contributed by atoms with Gasteiger partial charge in [0.2, 0.25) is 0 Å². The molecule has 1 saturated carbocycles. The first-order valence-corrected chi connectivity index (χ1v) is 6.95. The molecule has 2 aromatic rings. The molecule has 1 fully saturated rings. The SMILES string of the molecule is c1ccc(-c2cc(C3CCCCC3)ccn2)cc1. The number of benzene rings is 1. The molecule has 1 aromatic carbocycles. The van der Waals surface area contributed by atoms with E-state index >= 15 is 0 Å². The third kappa shape index (κ3) is 2.45. The van der Waals surface area contributed by atoms with Gasteiger partial charge in [0.25, 0.3) is 0 Å². The maximum atomic E-state index is 4.50. The largest absolute Gasteiger partial charge is 0.256 e. The summed E-state index contributed by atoms with van der Waals surface area (Å²) in [4.78, 5) is 4.50. The van der Waals surface area contributed by atoms with Crippen molar-refractivity contribution in [3.8, 4) is 11.3 Å². The van der Waals surface area contributed by atoms with E-state index in [1.807, 2.05) is 6.20 Å². The van der Waals surface area contributed by atoms with E-state index < -0.39 is 0 Å². The lowest BCUT2D eigenvalue weighted by Gasteiger charge is -2.22. The van der Waals surface area contributed by atoms with Crippen LogP contribution in [0.2, 0.25) is 0 Å². The number of hydrogen-bond donors (Lipinski definition) is 0. The van der Waals surface area contributed by atoms with Gasteiger partial charge in [-0.2, -0.15) is 0 Å². The molecular formula is C17H19N. The quantitative estimate of drug-likeness (QED) is 0.731. The van der Waals surface area contributed by atoms with E-state index in [1.165, 1.54) is 43.2 Å². The molecular weight excluding hydrogens is 218 g/mol. The minimum atomic E-state index is 0.754. The van der Waals surface area contributed by atoms with E-state index in [9.17, 15) is 0 Å². The van der Waals surface area contributed by atoms with Crippen molar-refractivity contribution in [2.75, 3.05) is 0 Å². The Morgan fingerprint density at radius 2 is 1.67 bits per heavy atom. The highest BCUT2D eigenvalue weighted by Crippen LogP contribution is 2.33. The molecule has 1 aliphatic carbocycles. The molecule has 0 atom stereocenters. The average Bonchev–Trinajstić information content (AvgIpc) is 2.49. The molecule has 1 aliphatic rings. The molecule has 3 rings (SSSR count). The van der Waals surface area contributed by atoms with E-state index in [0.29, 0.717) is 0 Å². The van der Waals surface area contributed by atoms with Crippen LogP contribution in [0, 0.1) is 0 Å². The summed E-state index contributed by atoms with van der Waals surface area (Å²) in [7, 11) is 0. The van der Waals surface area contributed by atoms with Gasteiger partial charge in [-0.25, -0.2) is 0 Å². The van der Waals surface area contributed by atoms with Gasteiger partial charge >= 0.3 is 0 Å². The van der Waals surface area contributed by atoms with Crippen molar-refractivity contribution in [3.05, 3.63) is 54.2 Å². The van der Waals surface area contributed by atoms with Gasteiger partial charge in [0.05, 0.1) is 5.69 Å². The molecule has 0 aliphatic heterocycles. The van der Waals surface area contributed by atoms with Crippen molar-refractivity contribution in [2.24, 2.45) is 0 Å². The Hall–Kier alpha value is -1.63. The van der Waals surface area contributed by atoms with Crippen LogP contribution in [0.1, 0.15) is 43.6 Å². The highest BCUT2D eigenvalue weighted by atomic mass is 14.7. The lowest BCUT2D eigenvalue weighted by atomic mass is 9.84. The molecule has 1 nitrogen and oxygen atoms in total. The van der Waals surface area contributed by atoms with E-state index in [0.717, 1.165) is 11.6 Å². The Kier molecular flexibility index (Phi) is 3.40. The molecule has 0 saturated heterocycles. The monoisotopic (exact) mass is 237 g/mol. The van der Waals surface area contributed by atoms with Crippen LogP contribution < -0.4 is 0 Å². The summed E-state index contributed by atoms with van der Waals surface area (Å²) in [5.74, 6) is 0.754. The van der Waals surface area contributed by atoms with Gasteiger partial charge in [0.1, 0.15) is 0 Å². The van der Waals surface area contributed by atoms with E-state index in [2.05, 4.69) is 47.4 Å². The summed E-state index contributed by atoms with van der Waals surface area (Å²) in [6.45, 7) is 0. The van der Waals surface area contributed by atoms with Crippen LogP contribution in [-0.2, 0) is 0 Å². The summed E-state index contributed by atoms with van der Waals surface area (Å²) in [6.07, 6.45) is 8.83. The van der Waals surface area contributed by atoms with Crippen LogP contribution in [0.3, 0.4) is 0 Å². The smallest absolute Gasteiger partial charge is 0.0704 e. The molecule has 0 spiro atoms. The van der Waals surface area contributed by atoms with E-state index in [1.54, 1.807) is 0 Å². The van der Waals surface area contributed by atoms with Crippen LogP contribution in [-0.4, -0.2) is 4.98 Å². The van der Waals surface area contributed by atoms with Gasteiger partial charge in [-0.15, -0.1) is 0 Å². The van der Waals surface area contributed by atoms with Gasteiger partial charge in [0.15, 0.2) is 0 Å². The fraction of sp³-hybridized carbons (Fsp3) is 0.353. The second-order valence-corrected chi connectivity index (χ2v) is 5.18. The number of rotatable bonds is 2. The van der Waals surface area contributed by atoms with Gasteiger partial charge in [-0.1, -0.05) is 49.6 Å². The molecule has 0 amide bonds. The maximum absolute atomic E-state index is 4.50. The highest BCUT2D eigenvalue weighted by molar-refractivity contribution is 5.59. The second kappa shape index (κ2) is 5.34. The van der Waals surface area contributed by atoms with Crippen molar-refractivity contribution >= 4 is 0 Å². The van der Waals surface area contributed by atoms with Gasteiger partial charge in [-0.05, 0) is 36.5 Å². The predicted molar refractivity (Wildman–Crippen MR) is 75.5 cm³/mol. The molecule has 0 unspecified atom stereocenters. The van der Waals surface area contributed by atoms with Crippen molar-refractivity contribution in [1.29, 1.82) is 0 Å². The lowest BCUT2D eigenvalue weighted by molar-refractivity contribution is 0.443. The van der Waals surface area contributed by atoms with Crippen molar-refractivity contribution in [1.82, 2.24) is 4.98 Å². The van der Waals surface area contributed by atoms with Gasteiger partial charge in [-0.3, -0.25) is 4.98 Å². The zero-order valence-corrected chi connectivity index (χ0v) is 10.7. The van der Waals surface area contributed by atoms with E-state index in [-0.39, 0.29) is 0 Å². The molecule has 1 aromatic heterocycles. The minimum absolute atomic E-state index is 0.754. The summed E-state index contributed by atoms with van der Waals surface area (Å²) < 4.78 is 0. The van der Waals surface area contributed by atoms with Gasteiger partial charge < -0.3 is 0 Å². The molecule has 92 valence electrons. The first-order chi connectivity index (χ1) is 8.93. The van der Waals surface area contributed by atoms with Gasteiger partial charge in [0, 0.05) is 11.8 Å². The molecule has 1 heteroatoms. The second-order valence-electron chi connectivity index (χ2n) is 5.18. The standard InChI is InChI=1S/C17H19N/c1-3-7-14(8-4-1)16-11-12-18-17(13-16)15-9-5-2-6-10-15/h2,5-6,9-14H,1,3-4,7-8H2. The fourth-order valence-corrected chi connectivity index (χ4v) is 2.90. The molecule has 0 bridgehead atoms. The predicted octanol–water partition coefficient (Wildman–Crippen LogP) is 4.80. The summed E-state index contributed by atoms with van der Waals surface area (Å²) in [6, 6.07) is 14.9. The lowest BCUT2D eigenvalue weighted by Crippen LogP contribution is -2.04. The number of pyridine rings is 1. The summed E-state index contributed by atoms with van der Waals surface area (Å²) >= 11 is 0. The Morgan fingerprint density at radius 1 is 0.889 bits per heavy atom. The number of hydrogen-bond acceptors (Lipinski definition) is 1. The summed E-state index contributed by atoms with van der Waals surface area (Å²) in [5, 5.41) is 0. The third-order valence-electron chi connectivity index (χ3n) is 3.93. The Morgan fingerprint density at radius 3 is 2.44 bits per heavy atom. The Labute approximate surface area is 109 Å². The highest BCUT2D eigenvalue weighted by Gasteiger charge is 2.15. The average molecular weight is 237 g/mol. The van der Waals surface area contributed by atoms with Crippen molar-refractivity contribution in [2.45, 2.75) is 38.0 Å². The van der Waals surface area contributed by atoms with Crippen LogP contribution in [0.25, 0.3) is 11.3 Å². The first-order valence-electron chi connectivity index (χ1n) is 6.95. The zero-order chi connectivity index (χ0) is 12.2. The molecule has 18 heavy (non-hydrogen) atoms. The number of aromatic nitrogens is 1. The topological polar surface area (TPSA) is 12.9 Å². The minimum Gasteiger partial charge on any atom is -0.256 e. The third-order valence-corrected chi connectivity index (χ3v) is 3.93. The molecule has 1 heterocycles. The van der Waals surface area contributed by atoms with Crippen LogP contribution in [0.5, 0.6) is 0 Å². The van der Waals surface area contributed by atoms with Crippen molar-refractivity contribution in [3.63, 3.8) is 0 Å². The molecule has 0 N–H and O–H groups in total. The van der Waals surface area contributed by atoms with Crippen LogP contribution in [0.4, 0.5) is 0 Å². The van der Waals surface area contributed by atoms with Crippen LogP contribution >= 0.6 is 0 Å². The first kappa shape index (κ1) is 11.5. The fourth-order valence-electron chi connectivity index (χ4n) is 2.90. The maximum Gasteiger partial charge on any atom is 0.0704 e. The number of nitrogens with zero attached hydrogens (tertiary/aromatic N) is 1. The Bertz CT molecular complexity index is 498. The molecule has 0 radical (unpaired) electrons. The zero-order valence-electron chi connectivity index (χ0n) is 10.7. The normalized spacial score (nSPS) is 16.7. The van der Waals surface area contributed by atoms with Crippen molar-refractivity contribution < 1.29 is 0 Å². The Balaban J connectivity index is 1.89.